The predicted molar refractivity (Wildman–Crippen MR) is 130 cm³/mol. The third-order valence-corrected chi connectivity index (χ3v) is 6.70. The SMILES string of the molecule is Cc1ccc(OCc2nc(C(=O)N[C@@H]3CCCC[C@@H]3NC(=O)c3ccc(C)cc3)cs2)cc1. The van der Waals surface area contributed by atoms with Gasteiger partial charge in [-0.15, -0.1) is 11.3 Å². The number of nitrogens with zero attached hydrogens (tertiary/aromatic N) is 1. The molecule has 0 saturated heterocycles. The highest BCUT2D eigenvalue weighted by Gasteiger charge is 2.29. The number of thiazole rings is 1. The van der Waals surface area contributed by atoms with Crippen LogP contribution in [0.15, 0.2) is 53.9 Å². The Hall–Kier alpha value is -3.19. The fraction of sp³-hybridized carbons (Fsp3) is 0.346. The van der Waals surface area contributed by atoms with Crippen molar-refractivity contribution in [2.75, 3.05) is 0 Å². The van der Waals surface area contributed by atoms with Gasteiger partial charge in [-0.3, -0.25) is 9.59 Å². The Balaban J connectivity index is 1.33. The van der Waals surface area contributed by atoms with E-state index in [-0.39, 0.29) is 23.9 Å². The molecule has 172 valence electrons. The standard InChI is InChI=1S/C26H29N3O3S/c1-17-7-11-19(12-8-17)25(30)28-21-5-3-4-6-22(21)29-26(31)23-16-33-24(27-23)15-32-20-13-9-18(2)10-14-20/h7-14,16,21-22H,3-6,15H2,1-2H3,(H,28,30)(H,29,31)/t21-,22+/m0/s1. The minimum atomic E-state index is -0.214. The van der Waals surface area contributed by atoms with E-state index >= 15 is 0 Å². The van der Waals surface area contributed by atoms with Crippen molar-refractivity contribution in [2.24, 2.45) is 0 Å². The van der Waals surface area contributed by atoms with Gasteiger partial charge in [0.2, 0.25) is 0 Å². The molecule has 2 N–H and O–H groups in total. The molecule has 0 aliphatic heterocycles. The molecule has 0 spiro atoms. The molecule has 0 unspecified atom stereocenters. The van der Waals surface area contributed by atoms with Crippen LogP contribution >= 0.6 is 11.3 Å². The molecule has 0 radical (unpaired) electrons. The highest BCUT2D eigenvalue weighted by molar-refractivity contribution is 7.09. The van der Waals surface area contributed by atoms with E-state index in [2.05, 4.69) is 15.6 Å². The van der Waals surface area contributed by atoms with Crippen LogP contribution in [0.4, 0.5) is 0 Å². The van der Waals surface area contributed by atoms with E-state index < -0.39 is 0 Å². The number of benzene rings is 2. The molecule has 1 aromatic heterocycles. The van der Waals surface area contributed by atoms with E-state index in [0.717, 1.165) is 42.0 Å². The normalized spacial score (nSPS) is 17.9. The van der Waals surface area contributed by atoms with E-state index in [1.165, 1.54) is 16.9 Å². The fourth-order valence-corrected chi connectivity index (χ4v) is 4.62. The van der Waals surface area contributed by atoms with Crippen molar-refractivity contribution in [1.82, 2.24) is 15.6 Å². The zero-order valence-electron chi connectivity index (χ0n) is 19.0. The van der Waals surface area contributed by atoms with E-state index in [4.69, 9.17) is 4.74 Å². The predicted octanol–water partition coefficient (Wildman–Crippen LogP) is 4.81. The number of carbonyl (C=O) groups is 2. The monoisotopic (exact) mass is 463 g/mol. The second-order valence-electron chi connectivity index (χ2n) is 8.54. The summed E-state index contributed by atoms with van der Waals surface area (Å²) >= 11 is 1.41. The Kier molecular flexibility index (Phi) is 7.40. The molecule has 0 bridgehead atoms. The number of amides is 2. The molecule has 3 aromatic rings. The van der Waals surface area contributed by atoms with E-state index in [0.29, 0.717) is 17.9 Å². The lowest BCUT2D eigenvalue weighted by Crippen LogP contribution is -2.53. The minimum Gasteiger partial charge on any atom is -0.486 e. The van der Waals surface area contributed by atoms with Crippen LogP contribution < -0.4 is 15.4 Å². The molecule has 2 amide bonds. The molecule has 1 aliphatic rings. The Labute approximate surface area is 198 Å². The second kappa shape index (κ2) is 10.6. The number of nitrogens with one attached hydrogen (secondary N) is 2. The molecule has 7 heteroatoms. The fourth-order valence-electron chi connectivity index (χ4n) is 3.94. The maximum atomic E-state index is 12.9. The van der Waals surface area contributed by atoms with Gasteiger partial charge in [-0.1, -0.05) is 48.2 Å². The first kappa shape index (κ1) is 23.0. The summed E-state index contributed by atoms with van der Waals surface area (Å²) < 4.78 is 5.77. The van der Waals surface area contributed by atoms with Crippen LogP contribution in [-0.2, 0) is 6.61 Å². The van der Waals surface area contributed by atoms with Crippen LogP contribution in [0.2, 0.25) is 0 Å². The molecule has 4 rings (SSSR count). The number of carbonyl (C=O) groups excluding carboxylic acids is 2. The van der Waals surface area contributed by atoms with Gasteiger partial charge in [-0.2, -0.15) is 0 Å². The Morgan fingerprint density at radius 3 is 2.12 bits per heavy atom. The molecule has 1 fully saturated rings. The van der Waals surface area contributed by atoms with Crippen molar-refractivity contribution in [3.05, 3.63) is 81.3 Å². The summed E-state index contributed by atoms with van der Waals surface area (Å²) in [5.41, 5.74) is 3.30. The van der Waals surface area contributed by atoms with E-state index in [1.807, 2.05) is 62.4 Å². The van der Waals surface area contributed by atoms with Crippen LogP contribution in [0.1, 0.15) is 62.7 Å². The largest absolute Gasteiger partial charge is 0.486 e. The molecule has 33 heavy (non-hydrogen) atoms. The zero-order chi connectivity index (χ0) is 23.2. The lowest BCUT2D eigenvalue weighted by atomic mass is 9.90. The first-order valence-electron chi connectivity index (χ1n) is 11.3. The molecule has 1 saturated carbocycles. The van der Waals surface area contributed by atoms with Crippen LogP contribution in [0.25, 0.3) is 0 Å². The number of aryl methyl sites for hydroxylation is 2. The molecule has 1 aliphatic carbocycles. The summed E-state index contributed by atoms with van der Waals surface area (Å²) in [6, 6.07) is 15.1. The Morgan fingerprint density at radius 2 is 1.48 bits per heavy atom. The Morgan fingerprint density at radius 1 is 0.909 bits per heavy atom. The summed E-state index contributed by atoms with van der Waals surface area (Å²) in [6.45, 7) is 4.34. The van der Waals surface area contributed by atoms with Crippen LogP contribution in [0, 0.1) is 13.8 Å². The Bertz CT molecular complexity index is 1090. The molecule has 1 heterocycles. The lowest BCUT2D eigenvalue weighted by molar-refractivity contribution is 0.0860. The number of ether oxygens (including phenoxy) is 1. The first-order chi connectivity index (χ1) is 16.0. The molecular formula is C26H29N3O3S. The van der Waals surface area contributed by atoms with E-state index in [9.17, 15) is 9.59 Å². The zero-order valence-corrected chi connectivity index (χ0v) is 19.8. The summed E-state index contributed by atoms with van der Waals surface area (Å²) in [5, 5.41) is 8.71. The van der Waals surface area contributed by atoms with Crippen LogP contribution in [-0.4, -0.2) is 28.9 Å². The van der Waals surface area contributed by atoms with Crippen molar-refractivity contribution in [3.63, 3.8) is 0 Å². The van der Waals surface area contributed by atoms with Crippen LogP contribution in [0.3, 0.4) is 0 Å². The van der Waals surface area contributed by atoms with Gasteiger partial charge in [0, 0.05) is 23.0 Å². The average molecular weight is 464 g/mol. The van der Waals surface area contributed by atoms with Gasteiger partial charge in [-0.05, 0) is 51.0 Å². The van der Waals surface area contributed by atoms with Gasteiger partial charge in [0.15, 0.2) is 0 Å². The maximum absolute atomic E-state index is 12.9. The summed E-state index contributed by atoms with van der Waals surface area (Å²) in [5.74, 6) is 0.454. The average Bonchev–Trinajstić information content (AvgIpc) is 3.30. The second-order valence-corrected chi connectivity index (χ2v) is 9.48. The van der Waals surface area contributed by atoms with Gasteiger partial charge in [0.1, 0.15) is 23.1 Å². The first-order valence-corrected chi connectivity index (χ1v) is 12.2. The number of hydrogen-bond donors (Lipinski definition) is 2. The summed E-state index contributed by atoms with van der Waals surface area (Å²) in [4.78, 5) is 30.0. The van der Waals surface area contributed by atoms with Crippen molar-refractivity contribution >= 4 is 23.2 Å². The van der Waals surface area contributed by atoms with Crippen molar-refractivity contribution in [3.8, 4) is 5.75 Å². The molecule has 6 nitrogen and oxygen atoms in total. The third kappa shape index (κ3) is 6.20. The van der Waals surface area contributed by atoms with Gasteiger partial charge in [0.25, 0.3) is 11.8 Å². The number of aromatic nitrogens is 1. The summed E-state index contributed by atoms with van der Waals surface area (Å²) in [7, 11) is 0. The van der Waals surface area contributed by atoms with Gasteiger partial charge in [-0.25, -0.2) is 4.98 Å². The molecule has 2 aromatic carbocycles. The van der Waals surface area contributed by atoms with Gasteiger partial charge >= 0.3 is 0 Å². The smallest absolute Gasteiger partial charge is 0.271 e. The highest BCUT2D eigenvalue weighted by atomic mass is 32.1. The lowest BCUT2D eigenvalue weighted by Gasteiger charge is -2.32. The van der Waals surface area contributed by atoms with Crippen LogP contribution in [0.5, 0.6) is 5.75 Å². The minimum absolute atomic E-state index is 0.0977. The van der Waals surface area contributed by atoms with Crippen molar-refractivity contribution in [2.45, 2.75) is 58.2 Å². The number of rotatable bonds is 7. The van der Waals surface area contributed by atoms with Crippen molar-refractivity contribution in [1.29, 1.82) is 0 Å². The van der Waals surface area contributed by atoms with Gasteiger partial charge in [0.05, 0.1) is 0 Å². The number of hydrogen-bond acceptors (Lipinski definition) is 5. The third-order valence-electron chi connectivity index (χ3n) is 5.88. The van der Waals surface area contributed by atoms with E-state index in [1.54, 1.807) is 5.38 Å². The summed E-state index contributed by atoms with van der Waals surface area (Å²) in [6.07, 6.45) is 3.73. The highest BCUT2D eigenvalue weighted by Crippen LogP contribution is 2.21. The topological polar surface area (TPSA) is 80.3 Å². The van der Waals surface area contributed by atoms with Crippen molar-refractivity contribution < 1.29 is 14.3 Å². The van der Waals surface area contributed by atoms with Gasteiger partial charge < -0.3 is 15.4 Å². The maximum Gasteiger partial charge on any atom is 0.271 e. The molecular weight excluding hydrogens is 434 g/mol. The molecule has 2 atom stereocenters. The quantitative estimate of drug-likeness (QED) is 0.527.